The lowest BCUT2D eigenvalue weighted by molar-refractivity contribution is -0.142. The Kier molecular flexibility index (Phi) is 12.5. The number of allylic oxidation sites excluding steroid dienone is 2. The minimum absolute atomic E-state index is 0.0989. The van der Waals surface area contributed by atoms with Crippen LogP contribution in [0.2, 0.25) is 0 Å². The number of nitrogens with zero attached hydrogens (tertiary/aromatic N) is 1. The highest BCUT2D eigenvalue weighted by Crippen LogP contribution is 2.06. The summed E-state index contributed by atoms with van der Waals surface area (Å²) in [6, 6.07) is -0.438. The third kappa shape index (κ3) is 11.3. The van der Waals surface area contributed by atoms with Gasteiger partial charge in [-0.15, -0.1) is 0 Å². The van der Waals surface area contributed by atoms with E-state index < -0.39 is 12.0 Å². The first-order chi connectivity index (χ1) is 10.5. The van der Waals surface area contributed by atoms with Crippen molar-refractivity contribution in [3.63, 3.8) is 0 Å². The van der Waals surface area contributed by atoms with Gasteiger partial charge in [-0.1, -0.05) is 19.1 Å². The van der Waals surface area contributed by atoms with Gasteiger partial charge in [-0.05, 0) is 59.0 Å². The molecule has 0 fully saturated rings. The summed E-state index contributed by atoms with van der Waals surface area (Å²) in [4.78, 5) is 24.3. The zero-order valence-corrected chi connectivity index (χ0v) is 14.3. The molecule has 0 radical (unpaired) electrons. The molecular weight excluding hydrogens is 280 g/mol. The van der Waals surface area contributed by atoms with E-state index in [0.29, 0.717) is 19.4 Å². The minimum Gasteiger partial charge on any atom is -0.480 e. The number of carbonyl (C=O) groups is 2. The number of carboxylic acid groups (broad SMARTS) is 1. The highest BCUT2D eigenvalue weighted by atomic mass is 16.4. The number of aliphatic carboxylic acids is 1. The molecular formula is C17H32N2O3. The Hall–Kier alpha value is -1.36. The molecule has 0 aliphatic heterocycles. The fraction of sp³-hybridized carbons (Fsp3) is 0.765. The Balaban J connectivity index is 3.56. The Labute approximate surface area is 134 Å². The summed E-state index contributed by atoms with van der Waals surface area (Å²) in [5, 5.41) is 11.9. The molecule has 22 heavy (non-hydrogen) atoms. The van der Waals surface area contributed by atoms with Crippen molar-refractivity contribution in [3.05, 3.63) is 12.2 Å². The fourth-order valence-electron chi connectivity index (χ4n) is 2.21. The molecule has 0 rings (SSSR count). The molecule has 0 heterocycles. The lowest BCUT2D eigenvalue weighted by Crippen LogP contribution is -2.35. The summed E-state index contributed by atoms with van der Waals surface area (Å²) < 4.78 is 0. The number of nitrogens with one attached hydrogen (secondary N) is 1. The molecule has 1 atom stereocenters. The van der Waals surface area contributed by atoms with Crippen molar-refractivity contribution < 1.29 is 14.7 Å². The molecule has 0 aliphatic rings. The highest BCUT2D eigenvalue weighted by Gasteiger charge is 2.18. The third-order valence-electron chi connectivity index (χ3n) is 3.56. The van der Waals surface area contributed by atoms with E-state index in [-0.39, 0.29) is 5.91 Å². The molecule has 1 amide bonds. The Morgan fingerprint density at radius 3 is 2.45 bits per heavy atom. The molecule has 0 saturated carbocycles. The number of likely N-dealkylation sites (N-methyl/N-ethyl adjacent to an activating group) is 1. The second kappa shape index (κ2) is 13.3. The van der Waals surface area contributed by atoms with E-state index in [0.717, 1.165) is 38.5 Å². The first kappa shape index (κ1) is 20.6. The van der Waals surface area contributed by atoms with E-state index in [4.69, 9.17) is 5.11 Å². The van der Waals surface area contributed by atoms with Gasteiger partial charge in [-0.3, -0.25) is 14.5 Å². The lowest BCUT2D eigenvalue weighted by Gasteiger charge is -2.19. The number of hydrogen-bond donors (Lipinski definition) is 2. The van der Waals surface area contributed by atoms with Gasteiger partial charge in [0.15, 0.2) is 0 Å². The standard InChI is InChI=1S/C17H32N2O3/c1-4-5-6-7-8-9-13-16(20)18-14-11-10-12-15(17(21)22)19(2)3/h5-6,15H,4,7-14H2,1-3H3,(H,18,20)(H,21,22)/b6-5+/t15-/m0/s1. The van der Waals surface area contributed by atoms with Gasteiger partial charge < -0.3 is 10.4 Å². The zero-order chi connectivity index (χ0) is 16.8. The number of carbonyl (C=O) groups excluding carboxylic acids is 1. The van der Waals surface area contributed by atoms with Crippen LogP contribution in [0, 0.1) is 0 Å². The normalized spacial score (nSPS) is 12.7. The van der Waals surface area contributed by atoms with Crippen LogP contribution in [0.3, 0.4) is 0 Å². The van der Waals surface area contributed by atoms with Gasteiger partial charge in [0.2, 0.25) is 5.91 Å². The molecule has 0 saturated heterocycles. The van der Waals surface area contributed by atoms with Gasteiger partial charge in [-0.2, -0.15) is 0 Å². The Morgan fingerprint density at radius 1 is 1.14 bits per heavy atom. The molecule has 0 unspecified atom stereocenters. The maximum Gasteiger partial charge on any atom is 0.320 e. The van der Waals surface area contributed by atoms with Gasteiger partial charge in [0.05, 0.1) is 0 Å². The number of amides is 1. The van der Waals surface area contributed by atoms with E-state index in [1.807, 2.05) is 0 Å². The van der Waals surface area contributed by atoms with Crippen molar-refractivity contribution in [2.45, 2.75) is 64.3 Å². The molecule has 0 aromatic heterocycles. The molecule has 0 aromatic carbocycles. The van der Waals surface area contributed by atoms with Crippen LogP contribution in [-0.2, 0) is 9.59 Å². The second-order valence-electron chi connectivity index (χ2n) is 5.79. The summed E-state index contributed by atoms with van der Waals surface area (Å²) in [5.74, 6) is -0.687. The molecule has 0 aromatic rings. The molecule has 128 valence electrons. The molecule has 2 N–H and O–H groups in total. The topological polar surface area (TPSA) is 69.6 Å². The van der Waals surface area contributed by atoms with Crippen LogP contribution in [0.15, 0.2) is 12.2 Å². The van der Waals surface area contributed by atoms with Crippen LogP contribution < -0.4 is 5.32 Å². The Bertz CT molecular complexity index is 341. The van der Waals surface area contributed by atoms with E-state index in [1.54, 1.807) is 19.0 Å². The average molecular weight is 312 g/mol. The van der Waals surface area contributed by atoms with Crippen LogP contribution in [0.25, 0.3) is 0 Å². The van der Waals surface area contributed by atoms with Crippen molar-refractivity contribution in [3.8, 4) is 0 Å². The number of unbranched alkanes of at least 4 members (excludes halogenated alkanes) is 3. The van der Waals surface area contributed by atoms with Gasteiger partial charge in [-0.25, -0.2) is 0 Å². The smallest absolute Gasteiger partial charge is 0.320 e. The van der Waals surface area contributed by atoms with Gasteiger partial charge >= 0.3 is 5.97 Å². The summed E-state index contributed by atoms with van der Waals surface area (Å²) in [6.07, 6.45) is 11.2. The zero-order valence-electron chi connectivity index (χ0n) is 14.3. The van der Waals surface area contributed by atoms with Gasteiger partial charge in [0.1, 0.15) is 6.04 Å². The first-order valence-electron chi connectivity index (χ1n) is 8.30. The number of carboxylic acids is 1. The van der Waals surface area contributed by atoms with E-state index >= 15 is 0 Å². The predicted octanol–water partition coefficient (Wildman–Crippen LogP) is 2.81. The van der Waals surface area contributed by atoms with Gasteiger partial charge in [0.25, 0.3) is 0 Å². The third-order valence-corrected chi connectivity index (χ3v) is 3.56. The van der Waals surface area contributed by atoms with Gasteiger partial charge in [0, 0.05) is 13.0 Å². The van der Waals surface area contributed by atoms with Crippen molar-refractivity contribution in [2.75, 3.05) is 20.6 Å². The van der Waals surface area contributed by atoms with Crippen LogP contribution in [0.1, 0.15) is 58.3 Å². The minimum atomic E-state index is -0.786. The molecule has 0 spiro atoms. The van der Waals surface area contributed by atoms with Crippen molar-refractivity contribution in [1.29, 1.82) is 0 Å². The summed E-state index contributed by atoms with van der Waals surface area (Å²) in [5.41, 5.74) is 0. The summed E-state index contributed by atoms with van der Waals surface area (Å²) in [7, 11) is 3.55. The van der Waals surface area contributed by atoms with Crippen LogP contribution in [-0.4, -0.2) is 48.6 Å². The summed E-state index contributed by atoms with van der Waals surface area (Å²) in [6.45, 7) is 2.75. The maximum atomic E-state index is 11.6. The monoisotopic (exact) mass is 312 g/mol. The summed E-state index contributed by atoms with van der Waals surface area (Å²) >= 11 is 0. The fourth-order valence-corrected chi connectivity index (χ4v) is 2.21. The quantitative estimate of drug-likeness (QED) is 0.405. The van der Waals surface area contributed by atoms with E-state index in [9.17, 15) is 9.59 Å². The largest absolute Gasteiger partial charge is 0.480 e. The molecule has 0 bridgehead atoms. The van der Waals surface area contributed by atoms with Crippen LogP contribution in [0.5, 0.6) is 0 Å². The molecule has 0 aliphatic carbocycles. The SMILES string of the molecule is CC/C=C/CCCCC(=O)NCCCC[C@@H](C(=O)O)N(C)C. The average Bonchev–Trinajstić information content (AvgIpc) is 2.45. The first-order valence-corrected chi connectivity index (χ1v) is 8.30. The highest BCUT2D eigenvalue weighted by molar-refractivity contribution is 5.75. The predicted molar refractivity (Wildman–Crippen MR) is 89.9 cm³/mol. The van der Waals surface area contributed by atoms with Crippen molar-refractivity contribution in [2.24, 2.45) is 0 Å². The molecule has 5 heteroatoms. The maximum absolute atomic E-state index is 11.6. The van der Waals surface area contributed by atoms with E-state index in [2.05, 4.69) is 24.4 Å². The number of hydrogen-bond acceptors (Lipinski definition) is 3. The lowest BCUT2D eigenvalue weighted by atomic mass is 10.1. The van der Waals surface area contributed by atoms with Crippen LogP contribution >= 0.6 is 0 Å². The van der Waals surface area contributed by atoms with Crippen molar-refractivity contribution in [1.82, 2.24) is 10.2 Å². The second-order valence-corrected chi connectivity index (χ2v) is 5.79. The van der Waals surface area contributed by atoms with Crippen molar-refractivity contribution >= 4 is 11.9 Å². The Morgan fingerprint density at radius 2 is 1.86 bits per heavy atom. The van der Waals surface area contributed by atoms with Crippen LogP contribution in [0.4, 0.5) is 0 Å². The van der Waals surface area contributed by atoms with E-state index in [1.165, 1.54) is 0 Å². The number of rotatable bonds is 13. The molecule has 5 nitrogen and oxygen atoms in total.